The molecule has 0 unspecified atom stereocenters. The van der Waals surface area contributed by atoms with Crippen LogP contribution in [0.4, 0.5) is 9.18 Å². The van der Waals surface area contributed by atoms with Crippen molar-refractivity contribution < 1.29 is 18.7 Å². The van der Waals surface area contributed by atoms with E-state index in [2.05, 4.69) is 10.3 Å². The summed E-state index contributed by atoms with van der Waals surface area (Å²) >= 11 is 0. The first-order chi connectivity index (χ1) is 14.2. The Kier molecular flexibility index (Phi) is 6.60. The lowest BCUT2D eigenvalue weighted by atomic mass is 10.0. The number of carbonyl (C=O) groups excluding carboxylic acids is 1. The minimum atomic E-state index is -1.21. The van der Waals surface area contributed by atoms with Crippen LogP contribution in [0.1, 0.15) is 27.2 Å². The Morgan fingerprint density at radius 2 is 2.10 bits per heavy atom. The van der Waals surface area contributed by atoms with Crippen LogP contribution in [-0.4, -0.2) is 65.1 Å². The SMILES string of the molecule is COc1ccc2ncc(=O)n(CCN3CC[C@@H](NC(=O)OC(C)(C)C)[C@@H](F)C3)c2c1. The van der Waals surface area contributed by atoms with Crippen LogP contribution < -0.4 is 15.6 Å². The fourth-order valence-corrected chi connectivity index (χ4v) is 3.53. The number of benzene rings is 1. The number of likely N-dealkylation sites (tertiary alicyclic amines) is 1. The molecule has 2 aromatic rings. The van der Waals surface area contributed by atoms with Crippen molar-refractivity contribution in [2.24, 2.45) is 0 Å². The number of aromatic nitrogens is 2. The van der Waals surface area contributed by atoms with Gasteiger partial charge in [0.05, 0.1) is 30.4 Å². The van der Waals surface area contributed by atoms with Gasteiger partial charge in [0.2, 0.25) is 0 Å². The van der Waals surface area contributed by atoms with Crippen LogP contribution >= 0.6 is 0 Å². The molecule has 2 atom stereocenters. The molecule has 0 bridgehead atoms. The highest BCUT2D eigenvalue weighted by molar-refractivity contribution is 5.76. The molecule has 0 spiro atoms. The molecule has 9 heteroatoms. The predicted molar refractivity (Wildman–Crippen MR) is 112 cm³/mol. The lowest BCUT2D eigenvalue weighted by Crippen LogP contribution is -2.53. The minimum Gasteiger partial charge on any atom is -0.497 e. The lowest BCUT2D eigenvalue weighted by Gasteiger charge is -2.35. The minimum absolute atomic E-state index is 0.182. The second-order valence-electron chi connectivity index (χ2n) is 8.46. The second kappa shape index (κ2) is 8.99. The Morgan fingerprint density at radius 3 is 2.77 bits per heavy atom. The topological polar surface area (TPSA) is 85.7 Å². The van der Waals surface area contributed by atoms with Crippen molar-refractivity contribution in [1.82, 2.24) is 19.8 Å². The molecule has 1 saturated heterocycles. The van der Waals surface area contributed by atoms with E-state index >= 15 is 0 Å². The fourth-order valence-electron chi connectivity index (χ4n) is 3.53. The molecule has 164 valence electrons. The molecule has 0 saturated carbocycles. The summed E-state index contributed by atoms with van der Waals surface area (Å²) < 4.78 is 26.7. The van der Waals surface area contributed by atoms with Crippen molar-refractivity contribution in [2.45, 2.75) is 51.6 Å². The number of halogens is 1. The molecular formula is C21H29FN4O4. The molecule has 1 amide bonds. The maximum atomic E-state index is 14.6. The average molecular weight is 420 g/mol. The van der Waals surface area contributed by atoms with E-state index in [0.29, 0.717) is 42.8 Å². The number of fused-ring (bicyclic) bond motifs is 1. The molecule has 3 rings (SSSR count). The van der Waals surface area contributed by atoms with Gasteiger partial charge in [0.15, 0.2) is 0 Å². The highest BCUT2D eigenvalue weighted by atomic mass is 19.1. The van der Waals surface area contributed by atoms with Crippen molar-refractivity contribution in [3.63, 3.8) is 0 Å². The molecule has 1 aromatic heterocycles. The molecule has 1 N–H and O–H groups in total. The van der Waals surface area contributed by atoms with Crippen LogP contribution in [-0.2, 0) is 11.3 Å². The van der Waals surface area contributed by atoms with Gasteiger partial charge in [-0.2, -0.15) is 0 Å². The summed E-state index contributed by atoms with van der Waals surface area (Å²) in [5, 5.41) is 2.63. The highest BCUT2D eigenvalue weighted by Crippen LogP contribution is 2.19. The van der Waals surface area contributed by atoms with Crippen molar-refractivity contribution in [1.29, 1.82) is 0 Å². The largest absolute Gasteiger partial charge is 0.497 e. The van der Waals surface area contributed by atoms with E-state index in [9.17, 15) is 14.0 Å². The zero-order chi connectivity index (χ0) is 21.9. The standard InChI is InChI=1S/C21H29FN4O4/c1-21(2,3)30-20(28)24-16-7-8-25(13-15(16)22)9-10-26-18-11-14(29-4)5-6-17(18)23-12-19(26)27/h5-6,11-12,15-16H,7-10,13H2,1-4H3,(H,24,28)/t15-,16+/m0/s1. The first-order valence-corrected chi connectivity index (χ1v) is 10.1. The van der Waals surface area contributed by atoms with Gasteiger partial charge in [-0.15, -0.1) is 0 Å². The number of amides is 1. The van der Waals surface area contributed by atoms with Crippen molar-refractivity contribution in [3.8, 4) is 5.75 Å². The third-order valence-electron chi connectivity index (χ3n) is 5.02. The van der Waals surface area contributed by atoms with Gasteiger partial charge in [-0.25, -0.2) is 14.2 Å². The summed E-state index contributed by atoms with van der Waals surface area (Å²) in [6, 6.07) is 4.79. The quantitative estimate of drug-likeness (QED) is 0.799. The maximum absolute atomic E-state index is 14.6. The van der Waals surface area contributed by atoms with E-state index in [1.54, 1.807) is 50.6 Å². The normalized spacial score (nSPS) is 20.2. The van der Waals surface area contributed by atoms with Crippen LogP contribution in [0.5, 0.6) is 5.75 Å². The summed E-state index contributed by atoms with van der Waals surface area (Å²) in [7, 11) is 1.57. The third-order valence-corrected chi connectivity index (χ3v) is 5.02. The first-order valence-electron chi connectivity index (χ1n) is 10.1. The van der Waals surface area contributed by atoms with Crippen molar-refractivity contribution >= 4 is 17.1 Å². The summed E-state index contributed by atoms with van der Waals surface area (Å²) in [4.78, 5) is 30.4. The van der Waals surface area contributed by atoms with E-state index in [1.165, 1.54) is 6.20 Å². The molecule has 0 radical (unpaired) electrons. The number of piperidine rings is 1. The van der Waals surface area contributed by atoms with Gasteiger partial charge in [0.25, 0.3) is 5.56 Å². The van der Waals surface area contributed by atoms with Gasteiger partial charge < -0.3 is 19.4 Å². The average Bonchev–Trinajstić information content (AvgIpc) is 2.67. The van der Waals surface area contributed by atoms with Crippen molar-refractivity contribution in [2.75, 3.05) is 26.7 Å². The van der Waals surface area contributed by atoms with Gasteiger partial charge in [-0.05, 0) is 39.3 Å². The Labute approximate surface area is 175 Å². The van der Waals surface area contributed by atoms with E-state index in [-0.39, 0.29) is 12.1 Å². The number of rotatable bonds is 5. The van der Waals surface area contributed by atoms with Crippen molar-refractivity contribution in [3.05, 3.63) is 34.7 Å². The number of carbonyl (C=O) groups is 1. The summed E-state index contributed by atoms with van der Waals surface area (Å²) in [5.41, 5.74) is 0.535. The lowest BCUT2D eigenvalue weighted by molar-refractivity contribution is 0.0395. The molecule has 2 heterocycles. The van der Waals surface area contributed by atoms with Crippen LogP contribution in [0.25, 0.3) is 11.0 Å². The van der Waals surface area contributed by atoms with E-state index in [4.69, 9.17) is 9.47 Å². The van der Waals surface area contributed by atoms with Gasteiger partial charge in [-0.1, -0.05) is 0 Å². The van der Waals surface area contributed by atoms with Crippen LogP contribution in [0.15, 0.2) is 29.2 Å². The summed E-state index contributed by atoms with van der Waals surface area (Å²) in [6.07, 6.45) is -0.0473. The molecule has 30 heavy (non-hydrogen) atoms. The molecule has 1 aliphatic rings. The number of methoxy groups -OCH3 is 1. The number of alkyl halides is 1. The van der Waals surface area contributed by atoms with E-state index < -0.39 is 23.9 Å². The van der Waals surface area contributed by atoms with Crippen LogP contribution in [0.2, 0.25) is 0 Å². The van der Waals surface area contributed by atoms with Gasteiger partial charge >= 0.3 is 6.09 Å². The third kappa shape index (κ3) is 5.47. The van der Waals surface area contributed by atoms with Gasteiger partial charge in [0.1, 0.15) is 17.5 Å². The van der Waals surface area contributed by atoms with Gasteiger partial charge in [0, 0.05) is 32.2 Å². The predicted octanol–water partition coefficient (Wildman–Crippen LogP) is 2.34. The number of alkyl carbamates (subject to hydrolysis) is 1. The Hall–Kier alpha value is -2.68. The molecule has 1 aromatic carbocycles. The Morgan fingerprint density at radius 1 is 1.33 bits per heavy atom. The Bertz CT molecular complexity index is 956. The molecule has 0 aliphatic carbocycles. The molecule has 8 nitrogen and oxygen atoms in total. The molecule has 1 aliphatic heterocycles. The fraction of sp³-hybridized carbons (Fsp3) is 0.571. The maximum Gasteiger partial charge on any atom is 0.407 e. The number of hydrogen-bond donors (Lipinski definition) is 1. The van der Waals surface area contributed by atoms with E-state index in [0.717, 1.165) is 0 Å². The monoisotopic (exact) mass is 420 g/mol. The molecule has 1 fully saturated rings. The smallest absolute Gasteiger partial charge is 0.407 e. The number of nitrogens with zero attached hydrogens (tertiary/aromatic N) is 3. The van der Waals surface area contributed by atoms with E-state index in [1.807, 2.05) is 4.90 Å². The molecular weight excluding hydrogens is 391 g/mol. The zero-order valence-electron chi connectivity index (χ0n) is 17.9. The number of nitrogens with one attached hydrogen (secondary N) is 1. The summed E-state index contributed by atoms with van der Waals surface area (Å²) in [6.45, 7) is 7.01. The second-order valence-corrected chi connectivity index (χ2v) is 8.46. The zero-order valence-corrected chi connectivity index (χ0v) is 17.9. The van der Waals surface area contributed by atoms with Crippen LogP contribution in [0, 0.1) is 0 Å². The summed E-state index contributed by atoms with van der Waals surface area (Å²) in [5.74, 6) is 0.640. The number of hydrogen-bond acceptors (Lipinski definition) is 6. The Balaban J connectivity index is 1.61. The van der Waals surface area contributed by atoms with Gasteiger partial charge in [-0.3, -0.25) is 9.69 Å². The highest BCUT2D eigenvalue weighted by Gasteiger charge is 2.31. The first kappa shape index (κ1) is 22.0. The number of ether oxygens (including phenoxy) is 2. The van der Waals surface area contributed by atoms with Crippen LogP contribution in [0.3, 0.4) is 0 Å².